The molecule has 1 saturated heterocycles. The number of nitrogens with zero attached hydrogens (tertiary/aromatic N) is 1. The fourth-order valence-corrected chi connectivity index (χ4v) is 1.45. The van der Waals surface area contributed by atoms with E-state index in [1.54, 1.807) is 7.05 Å². The second-order valence-corrected chi connectivity index (χ2v) is 3.23. The quantitative estimate of drug-likeness (QED) is 0.610. The van der Waals surface area contributed by atoms with Crippen LogP contribution in [0.25, 0.3) is 0 Å². The lowest BCUT2D eigenvalue weighted by atomic mass is 10.1. The van der Waals surface area contributed by atoms with E-state index in [2.05, 4.69) is 17.7 Å². The number of urea groups is 1. The van der Waals surface area contributed by atoms with Gasteiger partial charge >= 0.3 is 6.03 Å². The SMILES string of the molecule is CNC(=O)NN1CCCCC1C. The minimum Gasteiger partial charge on any atom is -0.340 e. The molecule has 1 rings (SSSR count). The van der Waals surface area contributed by atoms with Gasteiger partial charge in [0.25, 0.3) is 0 Å². The molecular weight excluding hydrogens is 154 g/mol. The molecule has 4 nitrogen and oxygen atoms in total. The largest absolute Gasteiger partial charge is 0.340 e. The van der Waals surface area contributed by atoms with Crippen LogP contribution in [0, 0.1) is 0 Å². The molecule has 1 aliphatic rings. The van der Waals surface area contributed by atoms with Crippen molar-refractivity contribution in [2.24, 2.45) is 0 Å². The molecule has 1 unspecified atom stereocenters. The van der Waals surface area contributed by atoms with Crippen LogP contribution < -0.4 is 10.7 Å². The summed E-state index contributed by atoms with van der Waals surface area (Å²) in [6.45, 7) is 3.10. The smallest absolute Gasteiger partial charge is 0.329 e. The van der Waals surface area contributed by atoms with Crippen molar-refractivity contribution in [3.8, 4) is 0 Å². The van der Waals surface area contributed by atoms with Gasteiger partial charge < -0.3 is 5.32 Å². The number of nitrogens with one attached hydrogen (secondary N) is 2. The maximum absolute atomic E-state index is 11.0. The predicted octanol–water partition coefficient (Wildman–Crippen LogP) is 0.705. The average Bonchev–Trinajstić information content (AvgIpc) is 2.09. The Morgan fingerprint density at radius 2 is 2.25 bits per heavy atom. The van der Waals surface area contributed by atoms with E-state index >= 15 is 0 Å². The molecule has 0 aromatic heterocycles. The van der Waals surface area contributed by atoms with Crippen molar-refractivity contribution >= 4 is 6.03 Å². The van der Waals surface area contributed by atoms with Gasteiger partial charge in [-0.25, -0.2) is 9.80 Å². The van der Waals surface area contributed by atoms with Crippen LogP contribution in [-0.2, 0) is 0 Å². The van der Waals surface area contributed by atoms with E-state index in [0.29, 0.717) is 6.04 Å². The van der Waals surface area contributed by atoms with Gasteiger partial charge in [0.15, 0.2) is 0 Å². The first-order valence-electron chi connectivity index (χ1n) is 4.49. The maximum atomic E-state index is 11.0. The highest BCUT2D eigenvalue weighted by atomic mass is 16.2. The molecule has 1 aliphatic heterocycles. The first-order valence-corrected chi connectivity index (χ1v) is 4.49. The van der Waals surface area contributed by atoms with Crippen LogP contribution in [0.4, 0.5) is 4.79 Å². The summed E-state index contributed by atoms with van der Waals surface area (Å²) in [5.74, 6) is 0. The van der Waals surface area contributed by atoms with Gasteiger partial charge in [-0.15, -0.1) is 0 Å². The van der Waals surface area contributed by atoms with Crippen molar-refractivity contribution in [3.05, 3.63) is 0 Å². The molecule has 4 heteroatoms. The molecular formula is C8H17N3O. The van der Waals surface area contributed by atoms with Crippen LogP contribution in [0.2, 0.25) is 0 Å². The Morgan fingerprint density at radius 3 is 2.83 bits per heavy atom. The number of hydrogen-bond donors (Lipinski definition) is 2. The zero-order valence-corrected chi connectivity index (χ0v) is 7.76. The normalized spacial score (nSPS) is 25.0. The van der Waals surface area contributed by atoms with Crippen LogP contribution in [-0.4, -0.2) is 30.7 Å². The van der Waals surface area contributed by atoms with Gasteiger partial charge in [0.05, 0.1) is 0 Å². The van der Waals surface area contributed by atoms with E-state index in [1.165, 1.54) is 19.3 Å². The number of rotatable bonds is 1. The Labute approximate surface area is 73.3 Å². The van der Waals surface area contributed by atoms with Gasteiger partial charge in [-0.2, -0.15) is 0 Å². The maximum Gasteiger partial charge on any atom is 0.329 e. The number of piperidine rings is 1. The molecule has 0 radical (unpaired) electrons. The van der Waals surface area contributed by atoms with E-state index < -0.39 is 0 Å². The summed E-state index contributed by atoms with van der Waals surface area (Å²) in [4.78, 5) is 11.0. The number of amides is 2. The summed E-state index contributed by atoms with van der Waals surface area (Å²) in [6, 6.07) is 0.347. The number of carbonyl (C=O) groups excluding carboxylic acids is 1. The van der Waals surface area contributed by atoms with Crippen molar-refractivity contribution in [3.63, 3.8) is 0 Å². The fourth-order valence-electron chi connectivity index (χ4n) is 1.45. The van der Waals surface area contributed by atoms with Gasteiger partial charge in [-0.3, -0.25) is 5.43 Å². The van der Waals surface area contributed by atoms with Crippen LogP contribution >= 0.6 is 0 Å². The zero-order valence-electron chi connectivity index (χ0n) is 7.76. The summed E-state index contributed by atoms with van der Waals surface area (Å²) in [7, 11) is 1.63. The van der Waals surface area contributed by atoms with Crippen molar-refractivity contribution in [2.45, 2.75) is 32.2 Å². The molecule has 1 fully saturated rings. The molecule has 12 heavy (non-hydrogen) atoms. The molecule has 2 amide bonds. The molecule has 0 spiro atoms. The second kappa shape index (κ2) is 4.30. The summed E-state index contributed by atoms with van der Waals surface area (Å²) < 4.78 is 0. The van der Waals surface area contributed by atoms with Gasteiger partial charge in [-0.1, -0.05) is 6.42 Å². The number of hydrogen-bond acceptors (Lipinski definition) is 2. The first kappa shape index (κ1) is 9.32. The van der Waals surface area contributed by atoms with Gasteiger partial charge in [-0.05, 0) is 19.8 Å². The molecule has 1 heterocycles. The van der Waals surface area contributed by atoms with E-state index in [-0.39, 0.29) is 6.03 Å². The second-order valence-electron chi connectivity index (χ2n) is 3.23. The number of carbonyl (C=O) groups is 1. The first-order chi connectivity index (χ1) is 5.74. The topological polar surface area (TPSA) is 44.4 Å². The Balaban J connectivity index is 2.33. The van der Waals surface area contributed by atoms with Gasteiger partial charge in [0, 0.05) is 19.6 Å². The summed E-state index contributed by atoms with van der Waals surface area (Å²) >= 11 is 0. The van der Waals surface area contributed by atoms with Gasteiger partial charge in [0.2, 0.25) is 0 Å². The Morgan fingerprint density at radius 1 is 1.50 bits per heavy atom. The molecule has 0 aliphatic carbocycles. The summed E-state index contributed by atoms with van der Waals surface area (Å²) in [6.07, 6.45) is 3.62. The van der Waals surface area contributed by atoms with Crippen molar-refractivity contribution in [1.29, 1.82) is 0 Å². The monoisotopic (exact) mass is 171 g/mol. The lowest BCUT2D eigenvalue weighted by Gasteiger charge is -2.32. The fraction of sp³-hybridized carbons (Fsp3) is 0.875. The molecule has 0 saturated carbocycles. The van der Waals surface area contributed by atoms with E-state index in [9.17, 15) is 4.79 Å². The van der Waals surface area contributed by atoms with E-state index in [4.69, 9.17) is 0 Å². The predicted molar refractivity (Wildman–Crippen MR) is 47.6 cm³/mol. The van der Waals surface area contributed by atoms with E-state index in [0.717, 1.165) is 6.54 Å². The van der Waals surface area contributed by atoms with Crippen LogP contribution in [0.3, 0.4) is 0 Å². The number of hydrazine groups is 1. The molecule has 2 N–H and O–H groups in total. The molecule has 0 aromatic carbocycles. The Kier molecular flexibility index (Phi) is 3.34. The van der Waals surface area contributed by atoms with E-state index in [1.807, 2.05) is 5.01 Å². The molecule has 1 atom stereocenters. The molecule has 70 valence electrons. The van der Waals surface area contributed by atoms with Crippen LogP contribution in [0.1, 0.15) is 26.2 Å². The Bertz CT molecular complexity index is 160. The summed E-state index contributed by atoms with van der Waals surface area (Å²) in [5.41, 5.74) is 2.80. The van der Waals surface area contributed by atoms with Crippen molar-refractivity contribution in [1.82, 2.24) is 15.8 Å². The standard InChI is InChI=1S/C8H17N3O/c1-7-5-3-4-6-11(7)10-8(12)9-2/h7H,3-6H2,1-2H3,(H2,9,10,12). The minimum atomic E-state index is -0.122. The third kappa shape index (κ3) is 2.37. The molecule has 0 aromatic rings. The minimum absolute atomic E-state index is 0.122. The highest BCUT2D eigenvalue weighted by Crippen LogP contribution is 2.13. The summed E-state index contributed by atoms with van der Waals surface area (Å²) in [5, 5.41) is 4.54. The highest BCUT2D eigenvalue weighted by molar-refractivity contribution is 5.72. The third-order valence-electron chi connectivity index (χ3n) is 2.28. The van der Waals surface area contributed by atoms with Gasteiger partial charge in [0.1, 0.15) is 0 Å². The third-order valence-corrected chi connectivity index (χ3v) is 2.28. The Hall–Kier alpha value is -0.770. The van der Waals surface area contributed by atoms with Crippen molar-refractivity contribution < 1.29 is 4.79 Å². The van der Waals surface area contributed by atoms with Crippen molar-refractivity contribution in [2.75, 3.05) is 13.6 Å². The van der Waals surface area contributed by atoms with Crippen LogP contribution in [0.15, 0.2) is 0 Å². The lowest BCUT2D eigenvalue weighted by molar-refractivity contribution is 0.108. The van der Waals surface area contributed by atoms with Crippen LogP contribution in [0.5, 0.6) is 0 Å². The lowest BCUT2D eigenvalue weighted by Crippen LogP contribution is -2.52. The highest BCUT2D eigenvalue weighted by Gasteiger charge is 2.18. The molecule has 0 bridgehead atoms. The average molecular weight is 171 g/mol. The zero-order chi connectivity index (χ0) is 8.97.